The number of aromatic amines is 1. The average molecular weight is 471 g/mol. The van der Waals surface area contributed by atoms with E-state index in [9.17, 15) is 4.79 Å². The van der Waals surface area contributed by atoms with Gasteiger partial charge < -0.3 is 14.6 Å². The van der Waals surface area contributed by atoms with E-state index in [-0.39, 0.29) is 17.7 Å². The minimum atomic E-state index is -0.431. The Labute approximate surface area is 203 Å². The van der Waals surface area contributed by atoms with Crippen molar-refractivity contribution in [3.05, 3.63) is 80.9 Å². The summed E-state index contributed by atoms with van der Waals surface area (Å²) in [6.07, 6.45) is 3.03. The molecule has 2 aromatic carbocycles. The Morgan fingerprint density at radius 3 is 2.89 bits per heavy atom. The van der Waals surface area contributed by atoms with Crippen LogP contribution in [0.15, 0.2) is 47.3 Å². The summed E-state index contributed by atoms with van der Waals surface area (Å²) in [7, 11) is 0. The van der Waals surface area contributed by atoms with Gasteiger partial charge in [0.1, 0.15) is 6.04 Å². The first-order chi connectivity index (χ1) is 17.0. The van der Waals surface area contributed by atoms with Crippen LogP contribution in [0.2, 0.25) is 0 Å². The van der Waals surface area contributed by atoms with Gasteiger partial charge in [-0.15, -0.1) is 5.10 Å². The lowest BCUT2D eigenvalue weighted by molar-refractivity contribution is 0.0924. The number of rotatable bonds is 5. The minimum absolute atomic E-state index is 0.0846. The van der Waals surface area contributed by atoms with Crippen molar-refractivity contribution in [1.29, 1.82) is 0 Å². The number of benzene rings is 2. The molecule has 2 aliphatic heterocycles. The molecule has 4 aromatic rings. The number of H-pyrrole nitrogens is 1. The van der Waals surface area contributed by atoms with E-state index < -0.39 is 6.04 Å². The Hall–Kier alpha value is -3.52. The Balaban J connectivity index is 1.55. The zero-order valence-corrected chi connectivity index (χ0v) is 20.4. The van der Waals surface area contributed by atoms with Crippen molar-refractivity contribution in [2.75, 3.05) is 11.5 Å². The average Bonchev–Trinajstić information content (AvgIpc) is 3.57. The van der Waals surface area contributed by atoms with Gasteiger partial charge in [0.2, 0.25) is 0 Å². The molecule has 3 atom stereocenters. The second-order valence-electron chi connectivity index (χ2n) is 9.95. The van der Waals surface area contributed by atoms with Gasteiger partial charge in [0.15, 0.2) is 5.82 Å². The molecule has 180 valence electrons. The molecule has 6 rings (SSSR count). The fourth-order valence-corrected chi connectivity index (χ4v) is 5.82. The van der Waals surface area contributed by atoms with Gasteiger partial charge in [-0.05, 0) is 85.2 Å². The molecule has 1 N–H and O–H groups in total. The van der Waals surface area contributed by atoms with E-state index in [2.05, 4.69) is 69.6 Å². The van der Waals surface area contributed by atoms with Gasteiger partial charge in [-0.1, -0.05) is 29.8 Å². The zero-order chi connectivity index (χ0) is 24.1. The summed E-state index contributed by atoms with van der Waals surface area (Å²) in [6.45, 7) is 7.65. The lowest BCUT2D eigenvalue weighted by Crippen LogP contribution is -2.39. The SMILES string of the molecule is Cc1cc(C)c2[nH]c(=O)c([C@H](c3nnnn3C[C@H]3CCCO3)N3c4ccccc4C[C@H]3C)cc2c1. The summed E-state index contributed by atoms with van der Waals surface area (Å²) >= 11 is 0. The van der Waals surface area contributed by atoms with Crippen LogP contribution in [0.5, 0.6) is 0 Å². The largest absolute Gasteiger partial charge is 0.376 e. The molecule has 4 heterocycles. The third-order valence-electron chi connectivity index (χ3n) is 7.36. The van der Waals surface area contributed by atoms with Crippen LogP contribution in [0.3, 0.4) is 0 Å². The number of para-hydroxylation sites is 1. The molecule has 0 unspecified atom stereocenters. The van der Waals surface area contributed by atoms with Crippen LogP contribution in [0, 0.1) is 13.8 Å². The van der Waals surface area contributed by atoms with Crippen molar-refractivity contribution in [3.63, 3.8) is 0 Å². The van der Waals surface area contributed by atoms with Crippen molar-refractivity contribution in [2.45, 2.75) is 64.8 Å². The first kappa shape index (κ1) is 22.0. The van der Waals surface area contributed by atoms with E-state index >= 15 is 0 Å². The Morgan fingerprint density at radius 1 is 1.20 bits per heavy atom. The highest BCUT2D eigenvalue weighted by Gasteiger charge is 2.38. The number of nitrogens with one attached hydrogen (secondary N) is 1. The van der Waals surface area contributed by atoms with Crippen molar-refractivity contribution < 1.29 is 4.74 Å². The highest BCUT2D eigenvalue weighted by atomic mass is 16.5. The number of anilines is 1. The van der Waals surface area contributed by atoms with Crippen molar-refractivity contribution in [3.8, 4) is 0 Å². The van der Waals surface area contributed by atoms with E-state index in [1.54, 1.807) is 0 Å². The number of hydrogen-bond acceptors (Lipinski definition) is 6. The molecule has 1 saturated heterocycles. The monoisotopic (exact) mass is 470 g/mol. The third kappa shape index (κ3) is 3.82. The Bertz CT molecular complexity index is 1450. The lowest BCUT2D eigenvalue weighted by atomic mass is 10.00. The summed E-state index contributed by atoms with van der Waals surface area (Å²) < 4.78 is 7.71. The second kappa shape index (κ2) is 8.61. The highest BCUT2D eigenvalue weighted by Crippen LogP contribution is 2.40. The van der Waals surface area contributed by atoms with E-state index in [1.165, 1.54) is 5.56 Å². The van der Waals surface area contributed by atoms with Gasteiger partial charge in [0.25, 0.3) is 5.56 Å². The van der Waals surface area contributed by atoms with Gasteiger partial charge in [-0.2, -0.15) is 0 Å². The molecule has 35 heavy (non-hydrogen) atoms. The van der Waals surface area contributed by atoms with Gasteiger partial charge in [-0.3, -0.25) is 4.79 Å². The molecule has 2 aliphatic rings. The number of hydrogen-bond donors (Lipinski definition) is 1. The summed E-state index contributed by atoms with van der Waals surface area (Å²) in [5.74, 6) is 0.665. The van der Waals surface area contributed by atoms with E-state index in [4.69, 9.17) is 4.74 Å². The van der Waals surface area contributed by atoms with Gasteiger partial charge in [0.05, 0.1) is 18.2 Å². The molecule has 0 saturated carbocycles. The van der Waals surface area contributed by atoms with E-state index in [0.717, 1.165) is 53.6 Å². The van der Waals surface area contributed by atoms with Crippen LogP contribution in [-0.4, -0.2) is 43.9 Å². The van der Waals surface area contributed by atoms with Crippen molar-refractivity contribution in [2.24, 2.45) is 0 Å². The Kier molecular flexibility index (Phi) is 5.40. The van der Waals surface area contributed by atoms with E-state index in [1.807, 2.05) is 23.7 Å². The van der Waals surface area contributed by atoms with Gasteiger partial charge in [0, 0.05) is 23.9 Å². The standard InChI is InChI=1S/C27H30N6O2/c1-16-11-17(2)24-20(12-16)14-22(27(34)28-24)25(33-18(3)13-19-7-4-5-9-23(19)33)26-29-30-31-32(26)15-21-8-6-10-35-21/h4-5,7,9,11-12,14,18,21,25H,6,8,10,13,15H2,1-3H3,(H,28,34)/t18-,21-,25-/m1/s1. The van der Waals surface area contributed by atoms with Crippen LogP contribution in [0.1, 0.15) is 53.9 Å². The number of nitrogens with zero attached hydrogens (tertiary/aromatic N) is 5. The molecule has 0 spiro atoms. The molecule has 0 amide bonds. The summed E-state index contributed by atoms with van der Waals surface area (Å²) in [6, 6.07) is 14.4. The molecule has 0 bridgehead atoms. The number of aromatic nitrogens is 5. The summed E-state index contributed by atoms with van der Waals surface area (Å²) in [5.41, 5.74) is 6.02. The number of aryl methyl sites for hydroxylation is 2. The maximum atomic E-state index is 13.7. The number of tetrazole rings is 1. The smallest absolute Gasteiger partial charge is 0.254 e. The van der Waals surface area contributed by atoms with Crippen LogP contribution < -0.4 is 10.5 Å². The lowest BCUT2D eigenvalue weighted by Gasteiger charge is -2.33. The van der Waals surface area contributed by atoms with Crippen molar-refractivity contribution in [1.82, 2.24) is 25.2 Å². The topological polar surface area (TPSA) is 88.9 Å². The molecule has 8 heteroatoms. The second-order valence-corrected chi connectivity index (χ2v) is 9.95. The quantitative estimate of drug-likeness (QED) is 0.477. The summed E-state index contributed by atoms with van der Waals surface area (Å²) in [5, 5.41) is 13.9. The van der Waals surface area contributed by atoms with E-state index in [0.29, 0.717) is 17.9 Å². The molecule has 0 aliphatic carbocycles. The normalized spacial score (nSPS) is 20.5. The Morgan fingerprint density at radius 2 is 2.06 bits per heavy atom. The van der Waals surface area contributed by atoms with Crippen LogP contribution in [0.25, 0.3) is 10.9 Å². The molecular formula is C27H30N6O2. The fraction of sp³-hybridized carbons (Fsp3) is 0.407. The van der Waals surface area contributed by atoms with Crippen LogP contribution >= 0.6 is 0 Å². The minimum Gasteiger partial charge on any atom is -0.376 e. The molecule has 1 fully saturated rings. The maximum Gasteiger partial charge on any atom is 0.254 e. The first-order valence-corrected chi connectivity index (χ1v) is 12.4. The van der Waals surface area contributed by atoms with Gasteiger partial charge >= 0.3 is 0 Å². The fourth-order valence-electron chi connectivity index (χ4n) is 5.82. The van der Waals surface area contributed by atoms with Crippen molar-refractivity contribution >= 4 is 16.6 Å². The molecule has 2 aromatic heterocycles. The molecular weight excluding hydrogens is 440 g/mol. The number of fused-ring (bicyclic) bond motifs is 2. The van der Waals surface area contributed by atoms with Gasteiger partial charge in [-0.25, -0.2) is 4.68 Å². The predicted molar refractivity (Wildman–Crippen MR) is 135 cm³/mol. The number of pyridine rings is 1. The maximum absolute atomic E-state index is 13.7. The zero-order valence-electron chi connectivity index (χ0n) is 20.4. The third-order valence-corrected chi connectivity index (χ3v) is 7.36. The predicted octanol–water partition coefficient (Wildman–Crippen LogP) is 3.85. The molecule has 0 radical (unpaired) electrons. The molecule has 8 nitrogen and oxygen atoms in total. The number of ether oxygens (including phenoxy) is 1. The highest BCUT2D eigenvalue weighted by molar-refractivity contribution is 5.83. The van der Waals surface area contributed by atoms with Crippen LogP contribution in [-0.2, 0) is 17.7 Å². The van der Waals surface area contributed by atoms with Crippen LogP contribution in [0.4, 0.5) is 5.69 Å². The first-order valence-electron chi connectivity index (χ1n) is 12.4. The summed E-state index contributed by atoms with van der Waals surface area (Å²) in [4.78, 5) is 19.1.